The van der Waals surface area contributed by atoms with Crippen molar-refractivity contribution in [3.8, 4) is 5.75 Å². The fraction of sp³-hybridized carbons (Fsp3) is 0.483. The molecule has 2 aliphatic rings. The number of halogens is 1. The summed E-state index contributed by atoms with van der Waals surface area (Å²) >= 11 is 0. The van der Waals surface area contributed by atoms with Crippen LogP contribution in [0.15, 0.2) is 54.6 Å². The number of likely N-dealkylation sites (tertiary alicyclic amines) is 2. The van der Waals surface area contributed by atoms with Gasteiger partial charge in [-0.05, 0) is 42.7 Å². The maximum Gasteiger partial charge on any atom is 0.225 e. The largest absolute Gasteiger partial charge is 0.490 e. The number of piperidine rings is 2. The molecular weight excluding hydrogens is 473 g/mol. The first kappa shape index (κ1) is 26.6. The third-order valence-corrected chi connectivity index (χ3v) is 7.49. The quantitative estimate of drug-likeness (QED) is 0.571. The lowest BCUT2D eigenvalue weighted by Crippen LogP contribution is -2.52. The van der Waals surface area contributed by atoms with Gasteiger partial charge in [0.2, 0.25) is 17.7 Å². The highest BCUT2D eigenvalue weighted by atomic mass is 19.1. The Balaban J connectivity index is 1.43. The summed E-state index contributed by atoms with van der Waals surface area (Å²) in [6.45, 7) is 4.24. The van der Waals surface area contributed by atoms with Crippen LogP contribution in [0.5, 0.6) is 5.75 Å². The summed E-state index contributed by atoms with van der Waals surface area (Å²) in [5.74, 6) is 0.0516. The van der Waals surface area contributed by atoms with Crippen molar-refractivity contribution < 1.29 is 23.5 Å². The summed E-state index contributed by atoms with van der Waals surface area (Å²) < 4.78 is 19.6. The fourth-order valence-electron chi connectivity index (χ4n) is 5.28. The molecule has 0 aromatic heterocycles. The standard InChI is InChI=1S/C29H36FN3O4/c1-21(34)32-15-12-23(13-16-32)29(36)33-17-14-27(37-26-10-8-25(30)9-11-26)24(20-33)18-28(35)31(2)19-22-6-4-3-5-7-22/h3-11,23-24,27H,12-20H2,1-2H3/t24-,27-/m0/s1. The van der Waals surface area contributed by atoms with E-state index in [0.717, 1.165) is 5.56 Å². The summed E-state index contributed by atoms with van der Waals surface area (Å²) in [6, 6.07) is 15.7. The van der Waals surface area contributed by atoms with Gasteiger partial charge in [-0.2, -0.15) is 0 Å². The van der Waals surface area contributed by atoms with Crippen molar-refractivity contribution in [1.82, 2.24) is 14.7 Å². The van der Waals surface area contributed by atoms with Gasteiger partial charge in [0.05, 0.1) is 0 Å². The van der Waals surface area contributed by atoms with Gasteiger partial charge in [-0.25, -0.2) is 4.39 Å². The average molecular weight is 510 g/mol. The van der Waals surface area contributed by atoms with Crippen LogP contribution >= 0.6 is 0 Å². The predicted molar refractivity (Wildman–Crippen MR) is 138 cm³/mol. The summed E-state index contributed by atoms with van der Waals surface area (Å²) in [6.07, 6.45) is 1.90. The van der Waals surface area contributed by atoms with Crippen molar-refractivity contribution in [1.29, 1.82) is 0 Å². The summed E-state index contributed by atoms with van der Waals surface area (Å²) in [4.78, 5) is 43.6. The van der Waals surface area contributed by atoms with Gasteiger partial charge < -0.3 is 19.4 Å². The van der Waals surface area contributed by atoms with Gasteiger partial charge in [-0.15, -0.1) is 0 Å². The van der Waals surface area contributed by atoms with Gasteiger partial charge in [-0.1, -0.05) is 30.3 Å². The second-order valence-electron chi connectivity index (χ2n) is 10.2. The Morgan fingerprint density at radius 3 is 2.24 bits per heavy atom. The van der Waals surface area contributed by atoms with Crippen molar-refractivity contribution in [2.75, 3.05) is 33.2 Å². The minimum atomic E-state index is -0.335. The number of rotatable bonds is 7. The molecule has 0 N–H and O–H groups in total. The van der Waals surface area contributed by atoms with E-state index in [1.165, 1.54) is 12.1 Å². The molecular formula is C29H36FN3O4. The van der Waals surface area contributed by atoms with E-state index in [9.17, 15) is 18.8 Å². The second-order valence-corrected chi connectivity index (χ2v) is 10.2. The molecule has 198 valence electrons. The first-order chi connectivity index (χ1) is 17.8. The molecule has 0 aliphatic carbocycles. The molecule has 3 amide bonds. The summed E-state index contributed by atoms with van der Waals surface area (Å²) in [5, 5.41) is 0. The number of hydrogen-bond donors (Lipinski definition) is 0. The molecule has 8 heteroatoms. The molecule has 4 rings (SSSR count). The van der Waals surface area contributed by atoms with Crippen molar-refractivity contribution in [3.05, 3.63) is 66.0 Å². The molecule has 2 aliphatic heterocycles. The van der Waals surface area contributed by atoms with Gasteiger partial charge in [0.1, 0.15) is 17.7 Å². The maximum atomic E-state index is 13.4. The Kier molecular flexibility index (Phi) is 8.79. The van der Waals surface area contributed by atoms with Crippen LogP contribution in [0.25, 0.3) is 0 Å². The van der Waals surface area contributed by atoms with E-state index in [2.05, 4.69) is 0 Å². The van der Waals surface area contributed by atoms with Crippen LogP contribution in [-0.2, 0) is 20.9 Å². The molecule has 2 fully saturated rings. The average Bonchev–Trinajstić information content (AvgIpc) is 2.91. The molecule has 37 heavy (non-hydrogen) atoms. The lowest BCUT2D eigenvalue weighted by atomic mass is 9.88. The van der Waals surface area contributed by atoms with Gasteiger partial charge >= 0.3 is 0 Å². The Hall–Kier alpha value is -3.42. The normalized spacial score (nSPS) is 20.4. The molecule has 2 aromatic rings. The number of amides is 3. The molecule has 0 bridgehead atoms. The van der Waals surface area contributed by atoms with Gasteiger partial charge in [-0.3, -0.25) is 14.4 Å². The van der Waals surface area contributed by atoms with Crippen LogP contribution in [0.3, 0.4) is 0 Å². The SMILES string of the molecule is CC(=O)N1CCC(C(=O)N2CC[C@H](Oc3ccc(F)cc3)[C@@H](CC(=O)N(C)Cc3ccccc3)C2)CC1. The van der Waals surface area contributed by atoms with Crippen LogP contribution in [0.1, 0.15) is 38.2 Å². The summed E-state index contributed by atoms with van der Waals surface area (Å²) in [7, 11) is 1.79. The van der Waals surface area contributed by atoms with Crippen LogP contribution in [-0.4, -0.2) is 71.8 Å². The van der Waals surface area contributed by atoms with E-state index in [1.54, 1.807) is 35.9 Å². The van der Waals surface area contributed by atoms with Crippen molar-refractivity contribution in [2.45, 2.75) is 45.3 Å². The van der Waals surface area contributed by atoms with E-state index in [4.69, 9.17) is 4.74 Å². The number of hydrogen-bond acceptors (Lipinski definition) is 4. The van der Waals surface area contributed by atoms with Crippen molar-refractivity contribution >= 4 is 17.7 Å². The highest BCUT2D eigenvalue weighted by molar-refractivity contribution is 5.80. The van der Waals surface area contributed by atoms with E-state index < -0.39 is 0 Å². The van der Waals surface area contributed by atoms with E-state index in [0.29, 0.717) is 57.7 Å². The van der Waals surface area contributed by atoms with Crippen LogP contribution < -0.4 is 4.74 Å². The predicted octanol–water partition coefficient (Wildman–Crippen LogP) is 3.73. The van der Waals surface area contributed by atoms with E-state index >= 15 is 0 Å². The van der Waals surface area contributed by atoms with Gasteiger partial charge in [0.15, 0.2) is 0 Å². The first-order valence-corrected chi connectivity index (χ1v) is 13.0. The first-order valence-electron chi connectivity index (χ1n) is 13.0. The minimum absolute atomic E-state index is 0.00868. The molecule has 0 spiro atoms. The number of carbonyl (C=O) groups excluding carboxylic acids is 3. The molecule has 2 heterocycles. The molecule has 0 saturated carbocycles. The lowest BCUT2D eigenvalue weighted by Gasteiger charge is -2.41. The Labute approximate surface area is 218 Å². The molecule has 0 unspecified atom stereocenters. The van der Waals surface area contributed by atoms with E-state index in [1.807, 2.05) is 35.2 Å². The number of carbonyl (C=O) groups is 3. The van der Waals surface area contributed by atoms with Crippen LogP contribution in [0, 0.1) is 17.7 Å². The van der Waals surface area contributed by atoms with Crippen molar-refractivity contribution in [2.24, 2.45) is 11.8 Å². The molecule has 7 nitrogen and oxygen atoms in total. The topological polar surface area (TPSA) is 70.2 Å². The molecule has 2 aromatic carbocycles. The van der Waals surface area contributed by atoms with Crippen molar-refractivity contribution in [3.63, 3.8) is 0 Å². The zero-order valence-corrected chi connectivity index (χ0v) is 21.6. The third-order valence-electron chi connectivity index (χ3n) is 7.49. The summed E-state index contributed by atoms with van der Waals surface area (Å²) in [5.41, 5.74) is 1.05. The lowest BCUT2D eigenvalue weighted by molar-refractivity contribution is -0.144. The molecule has 2 atom stereocenters. The third kappa shape index (κ3) is 7.08. The smallest absolute Gasteiger partial charge is 0.225 e. The van der Waals surface area contributed by atoms with Crippen LogP contribution in [0.4, 0.5) is 4.39 Å². The van der Waals surface area contributed by atoms with Crippen LogP contribution in [0.2, 0.25) is 0 Å². The second kappa shape index (κ2) is 12.2. The highest BCUT2D eigenvalue weighted by Gasteiger charge is 2.37. The van der Waals surface area contributed by atoms with Gasteiger partial charge in [0.25, 0.3) is 0 Å². The Bertz CT molecular complexity index is 1070. The Morgan fingerprint density at radius 1 is 0.946 bits per heavy atom. The number of nitrogens with zero attached hydrogens (tertiary/aromatic N) is 3. The minimum Gasteiger partial charge on any atom is -0.490 e. The molecule has 2 saturated heterocycles. The number of benzene rings is 2. The van der Waals surface area contributed by atoms with E-state index in [-0.39, 0.29) is 47.9 Å². The fourth-order valence-corrected chi connectivity index (χ4v) is 5.28. The number of ether oxygens (including phenoxy) is 1. The zero-order chi connectivity index (χ0) is 26.4. The molecule has 0 radical (unpaired) electrons. The zero-order valence-electron chi connectivity index (χ0n) is 21.6. The monoisotopic (exact) mass is 509 g/mol. The maximum absolute atomic E-state index is 13.4. The Morgan fingerprint density at radius 2 is 1.59 bits per heavy atom. The van der Waals surface area contributed by atoms with Gasteiger partial charge in [0, 0.05) is 71.4 Å². The highest BCUT2D eigenvalue weighted by Crippen LogP contribution is 2.29.